The summed E-state index contributed by atoms with van der Waals surface area (Å²) >= 11 is 0. The second kappa shape index (κ2) is 6.99. The fourth-order valence-corrected chi connectivity index (χ4v) is 3.43. The van der Waals surface area contributed by atoms with Crippen molar-refractivity contribution in [3.05, 3.63) is 65.2 Å². The summed E-state index contributed by atoms with van der Waals surface area (Å²) < 4.78 is 13.5. The lowest BCUT2D eigenvalue weighted by atomic mass is 10.0. The Morgan fingerprint density at radius 1 is 1.38 bits per heavy atom. The highest BCUT2D eigenvalue weighted by Crippen LogP contribution is 2.32. The summed E-state index contributed by atoms with van der Waals surface area (Å²) in [5.41, 5.74) is 3.07. The second-order valence-electron chi connectivity index (χ2n) is 6.20. The molecule has 1 aromatic carbocycles. The van der Waals surface area contributed by atoms with Gasteiger partial charge in [0.15, 0.2) is 0 Å². The molecule has 2 amide bonds. The predicted octanol–water partition coefficient (Wildman–Crippen LogP) is 4.00. The van der Waals surface area contributed by atoms with Crippen LogP contribution in [-0.4, -0.2) is 23.0 Å². The van der Waals surface area contributed by atoms with Gasteiger partial charge >= 0.3 is 6.03 Å². The summed E-state index contributed by atoms with van der Waals surface area (Å²) in [4.78, 5) is 18.4. The maximum atomic E-state index is 13.5. The van der Waals surface area contributed by atoms with E-state index in [2.05, 4.69) is 17.2 Å². The average molecular weight is 327 g/mol. The van der Waals surface area contributed by atoms with E-state index in [-0.39, 0.29) is 23.9 Å². The number of carbonyl (C=O) groups is 1. The molecule has 1 aliphatic rings. The van der Waals surface area contributed by atoms with Gasteiger partial charge in [0, 0.05) is 19.4 Å². The largest absolute Gasteiger partial charge is 0.331 e. The number of aromatic nitrogens is 1. The number of pyridine rings is 1. The summed E-state index contributed by atoms with van der Waals surface area (Å²) in [6.45, 7) is 2.05. The molecule has 0 bridgehead atoms. The molecule has 1 aromatic heterocycles. The fourth-order valence-electron chi connectivity index (χ4n) is 3.43. The van der Waals surface area contributed by atoms with Crippen molar-refractivity contribution in [1.82, 2.24) is 15.2 Å². The first-order valence-corrected chi connectivity index (χ1v) is 8.31. The fraction of sp³-hybridized carbons (Fsp3) is 0.368. The van der Waals surface area contributed by atoms with Gasteiger partial charge in [0.05, 0.1) is 12.1 Å². The molecule has 0 saturated heterocycles. The van der Waals surface area contributed by atoms with Crippen LogP contribution in [0.4, 0.5) is 9.18 Å². The van der Waals surface area contributed by atoms with Crippen molar-refractivity contribution in [2.45, 2.75) is 38.3 Å². The van der Waals surface area contributed by atoms with Gasteiger partial charge in [-0.15, -0.1) is 0 Å². The van der Waals surface area contributed by atoms with Gasteiger partial charge in [0.25, 0.3) is 0 Å². The molecule has 4 nitrogen and oxygen atoms in total. The van der Waals surface area contributed by atoms with Crippen LogP contribution in [0.1, 0.15) is 48.5 Å². The van der Waals surface area contributed by atoms with Gasteiger partial charge in [0.2, 0.25) is 0 Å². The van der Waals surface area contributed by atoms with Crippen LogP contribution in [0.3, 0.4) is 0 Å². The number of aryl methyl sites for hydroxylation is 1. The number of urea groups is 1. The molecule has 0 radical (unpaired) electrons. The van der Waals surface area contributed by atoms with E-state index >= 15 is 0 Å². The summed E-state index contributed by atoms with van der Waals surface area (Å²) in [5, 5.41) is 3.05. The topological polar surface area (TPSA) is 45.2 Å². The summed E-state index contributed by atoms with van der Waals surface area (Å²) in [6.07, 6.45) is 5.96. The normalized spacial score (nSPS) is 17.2. The highest BCUT2D eigenvalue weighted by molar-refractivity contribution is 5.75. The molecular weight excluding hydrogens is 305 g/mol. The van der Waals surface area contributed by atoms with Gasteiger partial charge in [-0.1, -0.05) is 13.0 Å². The van der Waals surface area contributed by atoms with Crippen LogP contribution in [0, 0.1) is 5.82 Å². The molecule has 1 aliphatic carbocycles. The number of hydrogen-bond donors (Lipinski definition) is 1. The molecule has 1 N–H and O–H groups in total. The number of halogens is 1. The van der Waals surface area contributed by atoms with Gasteiger partial charge in [-0.25, -0.2) is 9.18 Å². The Bertz CT molecular complexity index is 720. The minimum absolute atomic E-state index is 0.0126. The lowest BCUT2D eigenvalue weighted by molar-refractivity contribution is 0.184. The van der Waals surface area contributed by atoms with E-state index in [1.807, 2.05) is 18.2 Å². The minimum Gasteiger partial charge on any atom is -0.331 e. The van der Waals surface area contributed by atoms with Gasteiger partial charge in [-0.3, -0.25) is 4.98 Å². The van der Waals surface area contributed by atoms with Crippen molar-refractivity contribution in [3.63, 3.8) is 0 Å². The van der Waals surface area contributed by atoms with E-state index in [0.717, 1.165) is 36.0 Å². The van der Waals surface area contributed by atoms with E-state index in [0.29, 0.717) is 0 Å². The maximum absolute atomic E-state index is 13.5. The molecule has 0 unspecified atom stereocenters. The van der Waals surface area contributed by atoms with E-state index < -0.39 is 0 Å². The number of nitrogens with zero attached hydrogens (tertiary/aromatic N) is 2. The van der Waals surface area contributed by atoms with Crippen molar-refractivity contribution >= 4 is 6.03 Å². The number of carbonyl (C=O) groups excluding carboxylic acids is 1. The number of nitrogens with one attached hydrogen (secondary N) is 1. The summed E-state index contributed by atoms with van der Waals surface area (Å²) in [5.74, 6) is -0.258. The van der Waals surface area contributed by atoms with E-state index in [1.54, 1.807) is 24.3 Å². The van der Waals surface area contributed by atoms with Crippen molar-refractivity contribution < 1.29 is 9.18 Å². The maximum Gasteiger partial charge on any atom is 0.318 e. The smallest absolute Gasteiger partial charge is 0.318 e. The van der Waals surface area contributed by atoms with Crippen LogP contribution in [0.2, 0.25) is 0 Å². The van der Waals surface area contributed by atoms with Gasteiger partial charge in [0.1, 0.15) is 5.82 Å². The Morgan fingerprint density at radius 3 is 2.83 bits per heavy atom. The van der Waals surface area contributed by atoms with Gasteiger partial charge in [-0.05, 0) is 60.2 Å². The molecule has 3 rings (SSSR count). The molecular formula is C19H22FN3O. The first-order valence-electron chi connectivity index (χ1n) is 8.31. The molecule has 126 valence electrons. The molecule has 1 heterocycles. The molecule has 2 aromatic rings. The number of hydrogen-bond acceptors (Lipinski definition) is 2. The Labute approximate surface area is 141 Å². The Morgan fingerprint density at radius 2 is 2.12 bits per heavy atom. The van der Waals surface area contributed by atoms with Crippen LogP contribution >= 0.6 is 0 Å². The first kappa shape index (κ1) is 16.4. The number of rotatable bonds is 4. The van der Waals surface area contributed by atoms with Gasteiger partial charge < -0.3 is 10.2 Å². The third-order valence-corrected chi connectivity index (χ3v) is 4.75. The minimum atomic E-state index is -0.258. The van der Waals surface area contributed by atoms with Crippen molar-refractivity contribution in [2.24, 2.45) is 0 Å². The zero-order valence-electron chi connectivity index (χ0n) is 14.0. The van der Waals surface area contributed by atoms with Crippen molar-refractivity contribution in [2.75, 3.05) is 7.05 Å². The summed E-state index contributed by atoms with van der Waals surface area (Å²) in [6, 6.07) is 8.41. The number of benzene rings is 1. The third-order valence-electron chi connectivity index (χ3n) is 4.75. The Hall–Kier alpha value is -2.43. The SMILES string of the molecule is CC[C@H](c1ccncc1)N(C)C(=O)N[C@@H]1CCc2ccc(F)cc21. The zero-order valence-corrected chi connectivity index (χ0v) is 14.0. The predicted molar refractivity (Wildman–Crippen MR) is 91.0 cm³/mol. The Kier molecular flexibility index (Phi) is 4.79. The molecule has 0 saturated carbocycles. The average Bonchev–Trinajstić information content (AvgIpc) is 2.98. The van der Waals surface area contributed by atoms with E-state index in [9.17, 15) is 9.18 Å². The second-order valence-corrected chi connectivity index (χ2v) is 6.20. The van der Waals surface area contributed by atoms with Gasteiger partial charge in [-0.2, -0.15) is 0 Å². The molecule has 5 heteroatoms. The van der Waals surface area contributed by atoms with E-state index in [4.69, 9.17) is 0 Å². The molecule has 0 aliphatic heterocycles. The third kappa shape index (κ3) is 3.25. The van der Waals surface area contributed by atoms with Crippen LogP contribution in [-0.2, 0) is 6.42 Å². The van der Waals surface area contributed by atoms with Crippen LogP contribution < -0.4 is 5.32 Å². The number of fused-ring (bicyclic) bond motifs is 1. The van der Waals surface area contributed by atoms with Crippen molar-refractivity contribution in [3.8, 4) is 0 Å². The highest BCUT2D eigenvalue weighted by Gasteiger charge is 2.27. The quantitative estimate of drug-likeness (QED) is 0.922. The molecule has 0 spiro atoms. The highest BCUT2D eigenvalue weighted by atomic mass is 19.1. The first-order chi connectivity index (χ1) is 11.6. The van der Waals surface area contributed by atoms with Crippen LogP contribution in [0.5, 0.6) is 0 Å². The lowest BCUT2D eigenvalue weighted by Gasteiger charge is -2.29. The Balaban J connectivity index is 1.72. The standard InChI is InChI=1S/C19H22FN3O/c1-3-18(14-8-10-21-11-9-14)23(2)19(24)22-17-7-5-13-4-6-15(20)12-16(13)17/h4,6,8-12,17-18H,3,5,7H2,1-2H3,(H,22,24)/t17-,18-/m1/s1. The lowest BCUT2D eigenvalue weighted by Crippen LogP contribution is -2.40. The van der Waals surface area contributed by atoms with E-state index in [1.165, 1.54) is 12.1 Å². The van der Waals surface area contributed by atoms with Crippen LogP contribution in [0.25, 0.3) is 0 Å². The summed E-state index contributed by atoms with van der Waals surface area (Å²) in [7, 11) is 1.80. The zero-order chi connectivity index (χ0) is 17.1. The molecule has 2 atom stereocenters. The monoisotopic (exact) mass is 327 g/mol. The van der Waals surface area contributed by atoms with Crippen molar-refractivity contribution in [1.29, 1.82) is 0 Å². The van der Waals surface area contributed by atoms with Crippen LogP contribution in [0.15, 0.2) is 42.7 Å². The molecule has 0 fully saturated rings. The molecule has 24 heavy (non-hydrogen) atoms. The number of amides is 2.